The normalized spacial score (nSPS) is 12.8. The molecule has 1 heterocycles. The summed E-state index contributed by atoms with van der Waals surface area (Å²) >= 11 is 7.13. The Morgan fingerprint density at radius 2 is 1.76 bits per heavy atom. The van der Waals surface area contributed by atoms with Gasteiger partial charge >= 0.3 is 0 Å². The lowest BCUT2D eigenvalue weighted by molar-refractivity contribution is 0.216. The van der Waals surface area contributed by atoms with Crippen molar-refractivity contribution in [2.24, 2.45) is 0 Å². The molecule has 1 atom stereocenters. The number of sulfonamides is 1. The molecule has 5 nitrogen and oxygen atoms in total. The SMILES string of the molecule is Cc1ccccc1S(=O)(=O)N(Cl)c1nc(C(O)c2ccccc2)cs1. The summed E-state index contributed by atoms with van der Waals surface area (Å²) in [5.74, 6) is 0. The topological polar surface area (TPSA) is 70.5 Å². The smallest absolute Gasteiger partial charge is 0.280 e. The van der Waals surface area contributed by atoms with Crippen LogP contribution in [-0.2, 0) is 10.0 Å². The summed E-state index contributed by atoms with van der Waals surface area (Å²) in [6, 6.07) is 15.6. The highest BCUT2D eigenvalue weighted by Gasteiger charge is 2.28. The van der Waals surface area contributed by atoms with Crippen molar-refractivity contribution in [2.75, 3.05) is 3.82 Å². The molecule has 0 fully saturated rings. The molecule has 3 aromatic rings. The molecule has 130 valence electrons. The minimum Gasteiger partial charge on any atom is -0.382 e. The first-order valence-corrected chi connectivity index (χ1v) is 10.0. The second-order valence-corrected chi connectivity index (χ2v) is 8.48. The van der Waals surface area contributed by atoms with Crippen molar-refractivity contribution < 1.29 is 13.5 Å². The Labute approximate surface area is 155 Å². The zero-order valence-electron chi connectivity index (χ0n) is 13.2. The lowest BCUT2D eigenvalue weighted by atomic mass is 10.1. The van der Waals surface area contributed by atoms with E-state index in [0.717, 1.165) is 11.3 Å². The van der Waals surface area contributed by atoms with E-state index in [4.69, 9.17) is 11.8 Å². The summed E-state index contributed by atoms with van der Waals surface area (Å²) < 4.78 is 26.0. The van der Waals surface area contributed by atoms with Crippen LogP contribution in [0.3, 0.4) is 0 Å². The maximum absolute atomic E-state index is 12.7. The summed E-state index contributed by atoms with van der Waals surface area (Å²) in [5, 5.41) is 12.1. The van der Waals surface area contributed by atoms with Crippen LogP contribution in [0, 0.1) is 6.92 Å². The van der Waals surface area contributed by atoms with Gasteiger partial charge in [-0.2, -0.15) is 8.42 Å². The average molecular weight is 395 g/mol. The fourth-order valence-electron chi connectivity index (χ4n) is 2.32. The summed E-state index contributed by atoms with van der Waals surface area (Å²) in [7, 11) is -3.93. The third kappa shape index (κ3) is 3.55. The molecular formula is C17H15ClN2O3S2. The molecule has 0 spiro atoms. The fraction of sp³-hybridized carbons (Fsp3) is 0.118. The average Bonchev–Trinajstić information content (AvgIpc) is 3.11. The Kier molecular flexibility index (Phi) is 5.10. The lowest BCUT2D eigenvalue weighted by Gasteiger charge is -2.14. The quantitative estimate of drug-likeness (QED) is 0.666. The number of hydrogen-bond donors (Lipinski definition) is 1. The number of hydrogen-bond acceptors (Lipinski definition) is 5. The number of anilines is 1. The van der Waals surface area contributed by atoms with Crippen molar-refractivity contribution in [2.45, 2.75) is 17.9 Å². The molecule has 8 heteroatoms. The Hall–Kier alpha value is -1.93. The largest absolute Gasteiger partial charge is 0.382 e. The second kappa shape index (κ2) is 7.13. The monoisotopic (exact) mass is 394 g/mol. The summed E-state index contributed by atoms with van der Waals surface area (Å²) in [6.45, 7) is 1.70. The van der Waals surface area contributed by atoms with Gasteiger partial charge in [-0.1, -0.05) is 48.5 Å². The van der Waals surface area contributed by atoms with Gasteiger partial charge in [-0.3, -0.25) is 0 Å². The van der Waals surface area contributed by atoms with Crippen LogP contribution in [0.5, 0.6) is 0 Å². The van der Waals surface area contributed by atoms with Crippen LogP contribution in [0.2, 0.25) is 0 Å². The van der Waals surface area contributed by atoms with Crippen molar-refractivity contribution in [1.82, 2.24) is 4.98 Å². The molecule has 0 saturated carbocycles. The maximum atomic E-state index is 12.7. The predicted molar refractivity (Wildman–Crippen MR) is 99.3 cm³/mol. The van der Waals surface area contributed by atoms with Gasteiger partial charge in [0.05, 0.1) is 10.6 Å². The van der Waals surface area contributed by atoms with Gasteiger partial charge in [-0.05, 0) is 24.1 Å². The van der Waals surface area contributed by atoms with Gasteiger partial charge in [0.2, 0.25) is 5.13 Å². The molecule has 0 radical (unpaired) electrons. The third-order valence-corrected chi connectivity index (χ3v) is 7.01. The molecule has 1 N–H and O–H groups in total. The van der Waals surface area contributed by atoms with E-state index >= 15 is 0 Å². The number of rotatable bonds is 5. The lowest BCUT2D eigenvalue weighted by Crippen LogP contribution is -2.22. The van der Waals surface area contributed by atoms with Gasteiger partial charge in [0, 0.05) is 17.2 Å². The van der Waals surface area contributed by atoms with Gasteiger partial charge in [0.1, 0.15) is 6.10 Å². The molecule has 0 saturated heterocycles. The molecule has 0 aliphatic carbocycles. The van der Waals surface area contributed by atoms with Crippen molar-refractivity contribution in [1.29, 1.82) is 0 Å². The zero-order valence-corrected chi connectivity index (χ0v) is 15.6. The van der Waals surface area contributed by atoms with Crippen LogP contribution in [-0.4, -0.2) is 18.5 Å². The number of aromatic nitrogens is 1. The first kappa shape index (κ1) is 17.9. The summed E-state index contributed by atoms with van der Waals surface area (Å²) in [5.41, 5.74) is 1.60. The van der Waals surface area contributed by atoms with Crippen molar-refractivity contribution in [3.8, 4) is 0 Å². The number of thiazole rings is 1. The minimum absolute atomic E-state index is 0.0786. The third-order valence-electron chi connectivity index (χ3n) is 3.64. The van der Waals surface area contributed by atoms with E-state index in [2.05, 4.69) is 4.98 Å². The predicted octanol–water partition coefficient (Wildman–Crippen LogP) is 3.88. The van der Waals surface area contributed by atoms with E-state index in [1.54, 1.807) is 42.6 Å². The Morgan fingerprint density at radius 3 is 2.44 bits per heavy atom. The van der Waals surface area contributed by atoms with E-state index < -0.39 is 16.1 Å². The highest BCUT2D eigenvalue weighted by molar-refractivity contribution is 7.94. The highest BCUT2D eigenvalue weighted by atomic mass is 35.5. The van der Waals surface area contributed by atoms with Crippen LogP contribution < -0.4 is 3.82 Å². The maximum Gasteiger partial charge on any atom is 0.280 e. The van der Waals surface area contributed by atoms with Gasteiger partial charge in [0.15, 0.2) is 0 Å². The molecule has 0 aliphatic heterocycles. The number of nitrogens with zero attached hydrogens (tertiary/aromatic N) is 2. The number of aryl methyl sites for hydroxylation is 1. The molecule has 1 unspecified atom stereocenters. The van der Waals surface area contributed by atoms with E-state index in [0.29, 0.717) is 20.6 Å². The summed E-state index contributed by atoms with van der Waals surface area (Å²) in [4.78, 5) is 4.31. The number of aliphatic hydroxyl groups excluding tert-OH is 1. The standard InChI is InChI=1S/C17H15ClN2O3S2/c1-12-7-5-6-10-15(12)25(22,23)20(18)17-19-14(11-24-17)16(21)13-8-3-2-4-9-13/h2-11,16,21H,1H3. The Morgan fingerprint density at radius 1 is 1.12 bits per heavy atom. The van der Waals surface area contributed by atoms with Crippen molar-refractivity contribution in [3.63, 3.8) is 0 Å². The number of benzene rings is 2. The molecule has 0 amide bonds. The zero-order chi connectivity index (χ0) is 18.0. The van der Waals surface area contributed by atoms with E-state index in [-0.39, 0.29) is 10.0 Å². The van der Waals surface area contributed by atoms with Crippen LogP contribution in [0.25, 0.3) is 0 Å². The first-order chi connectivity index (χ1) is 11.9. The van der Waals surface area contributed by atoms with Gasteiger partial charge in [-0.25, -0.2) is 4.98 Å². The fourth-order valence-corrected chi connectivity index (χ4v) is 4.92. The van der Waals surface area contributed by atoms with Crippen molar-refractivity contribution in [3.05, 3.63) is 76.8 Å². The van der Waals surface area contributed by atoms with E-state index in [1.807, 2.05) is 18.2 Å². The van der Waals surface area contributed by atoms with Crippen LogP contribution in [0.15, 0.2) is 64.9 Å². The van der Waals surface area contributed by atoms with Crippen LogP contribution >= 0.6 is 23.1 Å². The second-order valence-electron chi connectivity index (χ2n) is 5.35. The van der Waals surface area contributed by atoms with Crippen LogP contribution in [0.1, 0.15) is 22.9 Å². The highest BCUT2D eigenvalue weighted by Crippen LogP contribution is 2.32. The summed E-state index contributed by atoms with van der Waals surface area (Å²) in [6.07, 6.45) is -0.947. The molecule has 0 bridgehead atoms. The molecule has 0 aliphatic rings. The van der Waals surface area contributed by atoms with Gasteiger partial charge in [-0.15, -0.1) is 15.2 Å². The van der Waals surface area contributed by atoms with E-state index in [9.17, 15) is 13.5 Å². The molecule has 3 rings (SSSR count). The Bertz CT molecular complexity index is 974. The molecular weight excluding hydrogens is 380 g/mol. The van der Waals surface area contributed by atoms with Crippen molar-refractivity contribution >= 4 is 38.3 Å². The Balaban J connectivity index is 1.91. The molecule has 25 heavy (non-hydrogen) atoms. The molecule has 1 aromatic heterocycles. The minimum atomic E-state index is -3.93. The first-order valence-electron chi connectivity index (χ1n) is 7.36. The molecule has 2 aromatic carbocycles. The number of halogens is 1. The van der Waals surface area contributed by atoms with Gasteiger partial charge < -0.3 is 5.11 Å². The van der Waals surface area contributed by atoms with Crippen LogP contribution in [0.4, 0.5) is 5.13 Å². The van der Waals surface area contributed by atoms with Gasteiger partial charge in [0.25, 0.3) is 10.0 Å². The number of aliphatic hydroxyl groups is 1. The van der Waals surface area contributed by atoms with E-state index in [1.165, 1.54) is 6.07 Å².